The van der Waals surface area contributed by atoms with Crippen molar-refractivity contribution < 1.29 is 39.1 Å². The van der Waals surface area contributed by atoms with Crippen LogP contribution in [0.1, 0.15) is 26.7 Å². The van der Waals surface area contributed by atoms with Gasteiger partial charge in [0.2, 0.25) is 0 Å². The molecule has 1 saturated carbocycles. The Morgan fingerprint density at radius 3 is 2.78 bits per heavy atom. The highest BCUT2D eigenvalue weighted by molar-refractivity contribution is 5.86. The number of esters is 1. The van der Waals surface area contributed by atoms with E-state index in [9.17, 15) is 20.1 Å². The molecule has 0 amide bonds. The second-order valence-electron chi connectivity index (χ2n) is 8.83. The molecule has 150 valence electrons. The van der Waals surface area contributed by atoms with Gasteiger partial charge in [-0.3, -0.25) is 0 Å². The van der Waals surface area contributed by atoms with Gasteiger partial charge < -0.3 is 34.3 Å². The quantitative estimate of drug-likeness (QED) is 0.441. The summed E-state index contributed by atoms with van der Waals surface area (Å²) in [5.41, 5.74) is -2.61. The van der Waals surface area contributed by atoms with E-state index >= 15 is 0 Å². The molecular weight excluding hydrogens is 356 g/mol. The van der Waals surface area contributed by atoms with Gasteiger partial charge in [-0.2, -0.15) is 0 Å². The number of hydrogen-bond acceptors (Lipinski definition) is 8. The van der Waals surface area contributed by atoms with Crippen LogP contribution in [-0.2, 0) is 23.7 Å². The Morgan fingerprint density at radius 2 is 2.11 bits per heavy atom. The van der Waals surface area contributed by atoms with E-state index in [2.05, 4.69) is 6.58 Å². The van der Waals surface area contributed by atoms with Crippen molar-refractivity contribution in [3.05, 3.63) is 12.2 Å². The molecule has 8 heteroatoms. The second kappa shape index (κ2) is 5.31. The Bertz CT molecular complexity index is 710. The number of hydrogen-bond donors (Lipinski definition) is 3. The lowest BCUT2D eigenvalue weighted by Crippen LogP contribution is -2.61. The molecule has 0 aromatic carbocycles. The fraction of sp³-hybridized carbons (Fsp3) is 0.842. The van der Waals surface area contributed by atoms with Crippen LogP contribution in [0.4, 0.5) is 0 Å². The summed E-state index contributed by atoms with van der Waals surface area (Å²) in [5.74, 6) is -1.11. The smallest absolute Gasteiger partial charge is 0.339 e. The summed E-state index contributed by atoms with van der Waals surface area (Å²) >= 11 is 0. The molecule has 4 aliphatic heterocycles. The first-order valence-electron chi connectivity index (χ1n) is 9.55. The van der Waals surface area contributed by atoms with Gasteiger partial charge in [0.05, 0.1) is 30.1 Å². The van der Waals surface area contributed by atoms with Crippen molar-refractivity contribution in [3.8, 4) is 0 Å². The largest absolute Gasteiger partial charge is 0.459 e. The predicted octanol–water partition coefficient (Wildman–Crippen LogP) is -0.298. The molecule has 1 aliphatic carbocycles. The van der Waals surface area contributed by atoms with E-state index < -0.39 is 53.3 Å². The average molecular weight is 382 g/mol. The predicted molar refractivity (Wildman–Crippen MR) is 89.0 cm³/mol. The van der Waals surface area contributed by atoms with Crippen LogP contribution >= 0.6 is 0 Å². The number of aliphatic hydroxyl groups is 3. The molecule has 5 fully saturated rings. The van der Waals surface area contributed by atoms with Crippen molar-refractivity contribution in [2.75, 3.05) is 13.2 Å². The van der Waals surface area contributed by atoms with Crippen molar-refractivity contribution >= 4 is 5.97 Å². The van der Waals surface area contributed by atoms with Gasteiger partial charge >= 0.3 is 5.97 Å². The van der Waals surface area contributed by atoms with Crippen LogP contribution in [0.2, 0.25) is 0 Å². The van der Waals surface area contributed by atoms with E-state index in [4.69, 9.17) is 18.9 Å². The first-order valence-corrected chi connectivity index (χ1v) is 9.55. The summed E-state index contributed by atoms with van der Waals surface area (Å²) in [6.07, 6.45) is -3.96. The number of rotatable bonds is 2. The normalized spacial score (nSPS) is 58.4. The fourth-order valence-electron chi connectivity index (χ4n) is 7.05. The van der Waals surface area contributed by atoms with E-state index in [0.717, 1.165) is 5.57 Å². The number of aliphatic hydroxyl groups excluding tert-OH is 3. The molecule has 2 spiro atoms. The molecule has 0 bridgehead atoms. The number of carbonyl (C=O) groups is 1. The molecule has 3 N–H and O–H groups in total. The van der Waals surface area contributed by atoms with Gasteiger partial charge in [0.25, 0.3) is 0 Å². The molecule has 0 aromatic rings. The molecule has 4 saturated heterocycles. The van der Waals surface area contributed by atoms with Crippen LogP contribution < -0.4 is 0 Å². The fourth-order valence-corrected chi connectivity index (χ4v) is 7.05. The minimum Gasteiger partial charge on any atom is -0.459 e. The zero-order valence-corrected chi connectivity index (χ0v) is 15.5. The van der Waals surface area contributed by atoms with Gasteiger partial charge in [0.15, 0.2) is 18.2 Å². The Balaban J connectivity index is 1.82. The maximum atomic E-state index is 13.2. The summed E-state index contributed by atoms with van der Waals surface area (Å²) in [7, 11) is 0. The summed E-state index contributed by atoms with van der Waals surface area (Å²) in [6, 6.07) is 0. The zero-order chi connectivity index (χ0) is 19.4. The molecule has 6 unspecified atom stereocenters. The van der Waals surface area contributed by atoms with E-state index in [1.165, 1.54) is 0 Å². The average Bonchev–Trinajstić information content (AvgIpc) is 3.19. The third-order valence-corrected chi connectivity index (χ3v) is 7.89. The molecule has 5 aliphatic rings. The highest BCUT2D eigenvalue weighted by atomic mass is 16.8. The number of carbonyl (C=O) groups excluding carboxylic acids is 1. The SMILES string of the molecule is C=C(C)[C@@H]1CC2OC(=O)C34OC5O[C@H](O)[C@H](O)C51C23CC(CO)OC[C@H]4C. The maximum Gasteiger partial charge on any atom is 0.339 e. The lowest BCUT2D eigenvalue weighted by Gasteiger charge is -2.47. The zero-order valence-electron chi connectivity index (χ0n) is 15.5. The van der Waals surface area contributed by atoms with E-state index in [1.807, 2.05) is 13.8 Å². The molecule has 10 atom stereocenters. The van der Waals surface area contributed by atoms with Crippen molar-refractivity contribution in [2.45, 2.75) is 63.2 Å². The summed E-state index contributed by atoms with van der Waals surface area (Å²) in [4.78, 5) is 13.2. The van der Waals surface area contributed by atoms with Crippen molar-refractivity contribution in [1.29, 1.82) is 0 Å². The summed E-state index contributed by atoms with van der Waals surface area (Å²) < 4.78 is 23.7. The Kier molecular flexibility index (Phi) is 3.55. The van der Waals surface area contributed by atoms with Crippen LogP contribution in [0.15, 0.2) is 12.2 Å². The van der Waals surface area contributed by atoms with Gasteiger partial charge in [-0.25, -0.2) is 4.79 Å². The lowest BCUT2D eigenvalue weighted by molar-refractivity contribution is -0.237. The minimum atomic E-state index is -1.43. The molecule has 0 radical (unpaired) electrons. The van der Waals surface area contributed by atoms with Crippen molar-refractivity contribution in [2.24, 2.45) is 22.7 Å². The monoisotopic (exact) mass is 382 g/mol. The summed E-state index contributed by atoms with van der Waals surface area (Å²) in [5, 5.41) is 31.4. The van der Waals surface area contributed by atoms with E-state index in [1.54, 1.807) is 0 Å². The van der Waals surface area contributed by atoms with Crippen LogP contribution in [0.25, 0.3) is 0 Å². The Labute approximate surface area is 157 Å². The van der Waals surface area contributed by atoms with E-state index in [-0.39, 0.29) is 31.5 Å². The van der Waals surface area contributed by atoms with Crippen LogP contribution in [0, 0.1) is 22.7 Å². The number of ether oxygens (including phenoxy) is 4. The first-order chi connectivity index (χ1) is 12.8. The lowest BCUT2D eigenvalue weighted by atomic mass is 9.51. The molecule has 0 aromatic heterocycles. The molecule has 4 heterocycles. The maximum absolute atomic E-state index is 13.2. The highest BCUT2D eigenvalue weighted by Gasteiger charge is 2.92. The van der Waals surface area contributed by atoms with Gasteiger partial charge in [-0.05, 0) is 25.7 Å². The number of allylic oxidation sites excluding steroid dienone is 1. The topological polar surface area (TPSA) is 115 Å². The molecule has 5 rings (SSSR count). The third-order valence-electron chi connectivity index (χ3n) is 7.89. The second-order valence-corrected chi connectivity index (χ2v) is 8.83. The molecular formula is C19H26O8. The van der Waals surface area contributed by atoms with Gasteiger partial charge in [0.1, 0.15) is 12.2 Å². The Hall–Kier alpha value is -1.03. The summed E-state index contributed by atoms with van der Waals surface area (Å²) in [6.45, 7) is 7.83. The molecule has 8 nitrogen and oxygen atoms in total. The Morgan fingerprint density at radius 1 is 1.37 bits per heavy atom. The van der Waals surface area contributed by atoms with Gasteiger partial charge in [-0.15, -0.1) is 0 Å². The van der Waals surface area contributed by atoms with Crippen LogP contribution in [-0.4, -0.2) is 71.0 Å². The van der Waals surface area contributed by atoms with Gasteiger partial charge in [-0.1, -0.05) is 19.1 Å². The first kappa shape index (κ1) is 18.0. The molecule has 27 heavy (non-hydrogen) atoms. The standard InChI is InChI=1S/C19H26O8/c1-8(2)11-4-12-17-5-10(6-20)24-7-9(3)19(17,15(23)25-12)27-16-18(11,17)13(21)14(22)26-16/h9-14,16,20-22H,1,4-7H2,2-3H3/t9-,10?,11+,12?,13+,14+,16?,17?,18?,19?/m1/s1. The minimum absolute atomic E-state index is 0.216. The van der Waals surface area contributed by atoms with Crippen LogP contribution in [0.5, 0.6) is 0 Å². The van der Waals surface area contributed by atoms with Crippen LogP contribution in [0.3, 0.4) is 0 Å². The van der Waals surface area contributed by atoms with Crippen molar-refractivity contribution in [1.82, 2.24) is 0 Å². The van der Waals surface area contributed by atoms with Gasteiger partial charge in [0, 0.05) is 5.92 Å². The highest BCUT2D eigenvalue weighted by Crippen LogP contribution is 2.80. The third kappa shape index (κ3) is 1.63. The van der Waals surface area contributed by atoms with E-state index in [0.29, 0.717) is 6.42 Å². The van der Waals surface area contributed by atoms with Crippen molar-refractivity contribution in [3.63, 3.8) is 0 Å².